The third-order valence-corrected chi connectivity index (χ3v) is 2.18. The van der Waals surface area contributed by atoms with Crippen LogP contribution in [0.2, 0.25) is 0 Å². The van der Waals surface area contributed by atoms with E-state index in [1.165, 1.54) is 0 Å². The molecule has 1 nitrogen and oxygen atoms in total. The maximum absolute atomic E-state index is 12.5. The molecule has 0 saturated carbocycles. The van der Waals surface area contributed by atoms with Crippen LogP contribution in [0.1, 0.15) is 23.6 Å². The van der Waals surface area contributed by atoms with Crippen molar-refractivity contribution in [3.8, 4) is 0 Å². The summed E-state index contributed by atoms with van der Waals surface area (Å²) in [4.78, 5) is 10.8. The summed E-state index contributed by atoms with van der Waals surface area (Å²) in [5, 5.41) is 0. The number of halogens is 6. The Morgan fingerprint density at radius 2 is 1.61 bits per heavy atom. The molecular weight excluding hydrogens is 262 g/mol. The lowest BCUT2D eigenvalue weighted by Gasteiger charge is -2.14. The molecule has 0 unspecified atom stereocenters. The summed E-state index contributed by atoms with van der Waals surface area (Å²) >= 11 is 0. The van der Waals surface area contributed by atoms with Gasteiger partial charge in [-0.1, -0.05) is 0 Å². The van der Waals surface area contributed by atoms with Crippen LogP contribution in [0.5, 0.6) is 0 Å². The number of carbonyl (C=O) groups is 1. The van der Waals surface area contributed by atoms with Crippen molar-refractivity contribution >= 4 is 5.78 Å². The molecule has 0 aromatic heterocycles. The molecule has 0 bridgehead atoms. The summed E-state index contributed by atoms with van der Waals surface area (Å²) in [7, 11) is 0. The standard InChI is InChI=1S/C11H8F6O/c1-6(18)4-7-5-8(10(12,13)14)2-3-9(7)11(15,16)17/h2-3,5H,4H2,1H3. The van der Waals surface area contributed by atoms with Gasteiger partial charge in [0.05, 0.1) is 11.1 Å². The molecule has 1 rings (SSSR count). The minimum Gasteiger partial charge on any atom is -0.300 e. The summed E-state index contributed by atoms with van der Waals surface area (Å²) < 4.78 is 74.7. The molecule has 0 aliphatic heterocycles. The van der Waals surface area contributed by atoms with Crippen LogP contribution < -0.4 is 0 Å². The first-order chi connectivity index (χ1) is 8.01. The Morgan fingerprint density at radius 3 is 2.00 bits per heavy atom. The van der Waals surface area contributed by atoms with Crippen molar-refractivity contribution in [3.05, 3.63) is 34.9 Å². The number of carbonyl (C=O) groups excluding carboxylic acids is 1. The van der Waals surface area contributed by atoms with Gasteiger partial charge >= 0.3 is 12.4 Å². The van der Waals surface area contributed by atoms with Crippen LogP contribution >= 0.6 is 0 Å². The molecule has 18 heavy (non-hydrogen) atoms. The number of alkyl halides is 6. The Balaban J connectivity index is 3.34. The van der Waals surface area contributed by atoms with Crippen LogP contribution in [-0.2, 0) is 23.6 Å². The number of hydrogen-bond acceptors (Lipinski definition) is 1. The first-order valence-electron chi connectivity index (χ1n) is 4.78. The van der Waals surface area contributed by atoms with Crippen molar-refractivity contribution in [2.24, 2.45) is 0 Å². The van der Waals surface area contributed by atoms with E-state index in [0.717, 1.165) is 6.92 Å². The highest BCUT2D eigenvalue weighted by Crippen LogP contribution is 2.36. The highest BCUT2D eigenvalue weighted by atomic mass is 19.4. The molecule has 0 N–H and O–H groups in total. The van der Waals surface area contributed by atoms with Crippen LogP contribution in [-0.4, -0.2) is 5.78 Å². The Kier molecular flexibility index (Phi) is 3.73. The van der Waals surface area contributed by atoms with Crippen molar-refractivity contribution in [2.75, 3.05) is 0 Å². The van der Waals surface area contributed by atoms with Gasteiger partial charge in [0.15, 0.2) is 0 Å². The Morgan fingerprint density at radius 1 is 1.06 bits per heavy atom. The second-order valence-corrected chi connectivity index (χ2v) is 3.75. The topological polar surface area (TPSA) is 17.1 Å². The van der Waals surface area contributed by atoms with Gasteiger partial charge in [-0.25, -0.2) is 0 Å². The van der Waals surface area contributed by atoms with E-state index in [4.69, 9.17) is 0 Å². The summed E-state index contributed by atoms with van der Waals surface area (Å²) in [5.41, 5.74) is -3.08. The van der Waals surface area contributed by atoms with E-state index in [2.05, 4.69) is 0 Å². The zero-order valence-electron chi connectivity index (χ0n) is 9.12. The number of hydrogen-bond donors (Lipinski definition) is 0. The molecule has 0 heterocycles. The molecule has 0 amide bonds. The second-order valence-electron chi connectivity index (χ2n) is 3.75. The lowest BCUT2D eigenvalue weighted by Crippen LogP contribution is -2.14. The van der Waals surface area contributed by atoms with E-state index >= 15 is 0 Å². The van der Waals surface area contributed by atoms with E-state index in [1.54, 1.807) is 0 Å². The molecule has 0 atom stereocenters. The van der Waals surface area contributed by atoms with Gasteiger partial charge in [-0.2, -0.15) is 26.3 Å². The third kappa shape index (κ3) is 3.48. The van der Waals surface area contributed by atoms with Crippen molar-refractivity contribution in [1.82, 2.24) is 0 Å². The lowest BCUT2D eigenvalue weighted by molar-refractivity contribution is -0.142. The first-order valence-corrected chi connectivity index (χ1v) is 4.78. The molecule has 0 spiro atoms. The number of Topliss-reactive ketones (excluding diaryl/α,β-unsaturated/α-hetero) is 1. The fraction of sp³-hybridized carbons (Fsp3) is 0.364. The minimum atomic E-state index is -4.78. The zero-order valence-corrected chi connectivity index (χ0v) is 9.12. The first kappa shape index (κ1) is 14.5. The van der Waals surface area contributed by atoms with Gasteiger partial charge in [0, 0.05) is 6.42 Å². The molecule has 0 aliphatic carbocycles. The quantitative estimate of drug-likeness (QED) is 0.746. The Bertz CT molecular complexity index is 458. The van der Waals surface area contributed by atoms with Crippen molar-refractivity contribution in [3.63, 3.8) is 0 Å². The molecule has 1 aromatic carbocycles. The number of benzene rings is 1. The van der Waals surface area contributed by atoms with Crippen LogP contribution in [0.3, 0.4) is 0 Å². The van der Waals surface area contributed by atoms with Gasteiger partial charge in [0.2, 0.25) is 0 Å². The van der Waals surface area contributed by atoms with E-state index in [0.29, 0.717) is 18.2 Å². The van der Waals surface area contributed by atoms with Gasteiger partial charge in [0.1, 0.15) is 5.78 Å². The Hall–Kier alpha value is -1.53. The lowest BCUT2D eigenvalue weighted by atomic mass is 9.99. The maximum atomic E-state index is 12.5. The van der Waals surface area contributed by atoms with Crippen molar-refractivity contribution in [1.29, 1.82) is 0 Å². The van der Waals surface area contributed by atoms with Gasteiger partial charge in [-0.15, -0.1) is 0 Å². The number of rotatable bonds is 2. The summed E-state index contributed by atoms with van der Waals surface area (Å²) in [6.07, 6.45) is -10.2. The normalized spacial score (nSPS) is 12.6. The summed E-state index contributed by atoms with van der Waals surface area (Å²) in [6, 6.07) is 1.07. The zero-order chi connectivity index (χ0) is 14.1. The fourth-order valence-electron chi connectivity index (χ4n) is 1.46. The van der Waals surface area contributed by atoms with Gasteiger partial charge in [0.25, 0.3) is 0 Å². The largest absolute Gasteiger partial charge is 0.416 e. The highest BCUT2D eigenvalue weighted by molar-refractivity contribution is 5.78. The molecule has 100 valence electrons. The van der Waals surface area contributed by atoms with Gasteiger partial charge in [-0.05, 0) is 30.7 Å². The highest BCUT2D eigenvalue weighted by Gasteiger charge is 2.36. The van der Waals surface area contributed by atoms with Gasteiger partial charge < -0.3 is 0 Å². The number of ketones is 1. The van der Waals surface area contributed by atoms with Gasteiger partial charge in [-0.3, -0.25) is 4.79 Å². The maximum Gasteiger partial charge on any atom is 0.416 e. The third-order valence-electron chi connectivity index (χ3n) is 2.18. The molecule has 7 heteroatoms. The van der Waals surface area contributed by atoms with Crippen LogP contribution in [0.25, 0.3) is 0 Å². The molecule has 0 fully saturated rings. The SMILES string of the molecule is CC(=O)Cc1cc(C(F)(F)F)ccc1C(F)(F)F. The Labute approximate surface area is 98.4 Å². The van der Waals surface area contributed by atoms with Crippen molar-refractivity contribution < 1.29 is 31.1 Å². The smallest absolute Gasteiger partial charge is 0.300 e. The van der Waals surface area contributed by atoms with Crippen LogP contribution in [0, 0.1) is 0 Å². The summed E-state index contributed by atoms with van der Waals surface area (Å²) in [6.45, 7) is 1.01. The fourth-order valence-corrected chi connectivity index (χ4v) is 1.46. The minimum absolute atomic E-state index is 0.348. The predicted molar refractivity (Wildman–Crippen MR) is 50.8 cm³/mol. The average Bonchev–Trinajstić information content (AvgIpc) is 2.13. The molecule has 0 saturated heterocycles. The molecule has 0 aliphatic rings. The molecule has 1 aromatic rings. The summed E-state index contributed by atoms with van der Waals surface area (Å²) in [5.74, 6) is -0.639. The molecule has 0 radical (unpaired) electrons. The van der Waals surface area contributed by atoms with Crippen molar-refractivity contribution in [2.45, 2.75) is 25.7 Å². The van der Waals surface area contributed by atoms with E-state index in [-0.39, 0.29) is 0 Å². The monoisotopic (exact) mass is 270 g/mol. The van der Waals surface area contributed by atoms with E-state index in [9.17, 15) is 31.1 Å². The predicted octanol–water partition coefficient (Wildman–Crippen LogP) is 3.86. The van der Waals surface area contributed by atoms with E-state index < -0.39 is 41.2 Å². The molecular formula is C11H8F6O. The van der Waals surface area contributed by atoms with Crippen LogP contribution in [0.15, 0.2) is 18.2 Å². The average molecular weight is 270 g/mol. The van der Waals surface area contributed by atoms with E-state index in [1.807, 2.05) is 0 Å². The van der Waals surface area contributed by atoms with Crippen LogP contribution in [0.4, 0.5) is 26.3 Å². The second kappa shape index (κ2) is 4.62.